The van der Waals surface area contributed by atoms with Crippen LogP contribution < -0.4 is 10.5 Å². The van der Waals surface area contributed by atoms with E-state index in [4.69, 9.17) is 15.2 Å². The van der Waals surface area contributed by atoms with Gasteiger partial charge in [-0.15, -0.1) is 0 Å². The Kier molecular flexibility index (Phi) is 4.05. The fraction of sp³-hybridized carbons (Fsp3) is 0.400. The molecule has 0 aliphatic heterocycles. The maximum atomic E-state index is 10.9. The topological polar surface area (TPSA) is 74.4 Å². The standard InChI is InChI=1S/C10H14N2O3/c1-7-5-8(15-4-3-14-2)6-12-9(7)10(11)13/h5-6H,3-4H2,1-2H3,(H2,11,13). The Morgan fingerprint density at radius 3 is 2.80 bits per heavy atom. The summed E-state index contributed by atoms with van der Waals surface area (Å²) in [4.78, 5) is 14.8. The molecule has 2 N–H and O–H groups in total. The summed E-state index contributed by atoms with van der Waals surface area (Å²) in [7, 11) is 1.60. The SMILES string of the molecule is COCCOc1cnc(C(N)=O)c(C)c1. The average Bonchev–Trinajstić information content (AvgIpc) is 2.17. The quantitative estimate of drug-likeness (QED) is 0.719. The van der Waals surface area contributed by atoms with Crippen molar-refractivity contribution in [3.63, 3.8) is 0 Å². The van der Waals surface area contributed by atoms with E-state index in [-0.39, 0.29) is 5.69 Å². The normalized spacial score (nSPS) is 10.0. The number of nitrogens with two attached hydrogens (primary N) is 1. The highest BCUT2D eigenvalue weighted by Gasteiger charge is 2.07. The van der Waals surface area contributed by atoms with Crippen LogP contribution in [0.5, 0.6) is 5.75 Å². The molecule has 82 valence electrons. The van der Waals surface area contributed by atoms with Gasteiger partial charge in [0.05, 0.1) is 12.8 Å². The van der Waals surface area contributed by atoms with E-state index in [2.05, 4.69) is 4.98 Å². The molecule has 1 aromatic rings. The maximum Gasteiger partial charge on any atom is 0.267 e. The molecule has 1 heterocycles. The minimum Gasteiger partial charge on any atom is -0.490 e. The van der Waals surface area contributed by atoms with E-state index in [0.717, 1.165) is 0 Å². The van der Waals surface area contributed by atoms with Crippen molar-refractivity contribution in [1.82, 2.24) is 4.98 Å². The molecule has 0 bridgehead atoms. The van der Waals surface area contributed by atoms with Gasteiger partial charge in [-0.05, 0) is 18.6 Å². The largest absolute Gasteiger partial charge is 0.490 e. The van der Waals surface area contributed by atoms with Crippen molar-refractivity contribution in [3.8, 4) is 5.75 Å². The molecule has 0 spiro atoms. The Morgan fingerprint density at radius 2 is 2.27 bits per heavy atom. The van der Waals surface area contributed by atoms with E-state index < -0.39 is 5.91 Å². The highest BCUT2D eigenvalue weighted by Crippen LogP contribution is 2.13. The number of carbonyl (C=O) groups excluding carboxylic acids is 1. The number of nitrogens with zero attached hydrogens (tertiary/aromatic N) is 1. The number of hydrogen-bond acceptors (Lipinski definition) is 4. The molecule has 0 aromatic carbocycles. The molecule has 15 heavy (non-hydrogen) atoms. The van der Waals surface area contributed by atoms with Crippen LogP contribution in [0.4, 0.5) is 0 Å². The lowest BCUT2D eigenvalue weighted by molar-refractivity contribution is 0.0994. The van der Waals surface area contributed by atoms with Crippen molar-refractivity contribution >= 4 is 5.91 Å². The Bertz CT molecular complexity index is 353. The summed E-state index contributed by atoms with van der Waals surface area (Å²) >= 11 is 0. The molecule has 0 saturated heterocycles. The summed E-state index contributed by atoms with van der Waals surface area (Å²) in [6, 6.07) is 1.72. The first-order chi connectivity index (χ1) is 7.15. The van der Waals surface area contributed by atoms with Gasteiger partial charge in [0.1, 0.15) is 18.1 Å². The van der Waals surface area contributed by atoms with Crippen molar-refractivity contribution in [2.45, 2.75) is 6.92 Å². The average molecular weight is 210 g/mol. The molecular formula is C10H14N2O3. The fourth-order valence-corrected chi connectivity index (χ4v) is 1.13. The number of aryl methyl sites for hydroxylation is 1. The van der Waals surface area contributed by atoms with E-state index in [1.807, 2.05) is 0 Å². The molecule has 1 aromatic heterocycles. The minimum absolute atomic E-state index is 0.272. The van der Waals surface area contributed by atoms with Crippen molar-refractivity contribution < 1.29 is 14.3 Å². The lowest BCUT2D eigenvalue weighted by atomic mass is 10.2. The molecule has 0 atom stereocenters. The van der Waals surface area contributed by atoms with Crippen LogP contribution in [0.1, 0.15) is 16.1 Å². The molecule has 5 nitrogen and oxygen atoms in total. The first-order valence-corrected chi connectivity index (χ1v) is 4.53. The van der Waals surface area contributed by atoms with Crippen LogP contribution in [0, 0.1) is 6.92 Å². The number of rotatable bonds is 5. The van der Waals surface area contributed by atoms with Gasteiger partial charge in [-0.2, -0.15) is 0 Å². The second-order valence-electron chi connectivity index (χ2n) is 3.04. The second kappa shape index (κ2) is 5.31. The van der Waals surface area contributed by atoms with Gasteiger partial charge in [-0.1, -0.05) is 0 Å². The van der Waals surface area contributed by atoms with Crippen molar-refractivity contribution in [2.24, 2.45) is 5.73 Å². The van der Waals surface area contributed by atoms with Gasteiger partial charge >= 0.3 is 0 Å². The van der Waals surface area contributed by atoms with Crippen LogP contribution >= 0.6 is 0 Å². The van der Waals surface area contributed by atoms with E-state index in [0.29, 0.717) is 24.5 Å². The predicted octanol–water partition coefficient (Wildman–Crippen LogP) is 0.514. The van der Waals surface area contributed by atoms with E-state index in [9.17, 15) is 4.79 Å². The Balaban J connectivity index is 2.69. The fourth-order valence-electron chi connectivity index (χ4n) is 1.13. The van der Waals surface area contributed by atoms with Crippen LogP contribution in [0.2, 0.25) is 0 Å². The van der Waals surface area contributed by atoms with Crippen LogP contribution in [-0.2, 0) is 4.74 Å². The van der Waals surface area contributed by atoms with E-state index in [1.165, 1.54) is 6.20 Å². The second-order valence-corrected chi connectivity index (χ2v) is 3.04. The van der Waals surface area contributed by atoms with Gasteiger partial charge in [-0.25, -0.2) is 4.98 Å². The molecular weight excluding hydrogens is 196 g/mol. The molecule has 5 heteroatoms. The van der Waals surface area contributed by atoms with E-state index >= 15 is 0 Å². The van der Waals surface area contributed by atoms with Crippen LogP contribution in [-0.4, -0.2) is 31.2 Å². The highest BCUT2D eigenvalue weighted by atomic mass is 16.5. The van der Waals surface area contributed by atoms with Gasteiger partial charge in [0.2, 0.25) is 0 Å². The van der Waals surface area contributed by atoms with Gasteiger partial charge in [0.25, 0.3) is 5.91 Å². The van der Waals surface area contributed by atoms with Gasteiger partial charge in [0, 0.05) is 7.11 Å². The van der Waals surface area contributed by atoms with Crippen LogP contribution in [0.25, 0.3) is 0 Å². The maximum absolute atomic E-state index is 10.9. The Hall–Kier alpha value is -1.62. The third kappa shape index (κ3) is 3.21. The molecule has 0 saturated carbocycles. The molecule has 0 aliphatic rings. The smallest absolute Gasteiger partial charge is 0.267 e. The van der Waals surface area contributed by atoms with Crippen molar-refractivity contribution in [3.05, 3.63) is 23.5 Å². The van der Waals surface area contributed by atoms with Gasteiger partial charge in [-0.3, -0.25) is 4.79 Å². The van der Waals surface area contributed by atoms with Crippen molar-refractivity contribution in [2.75, 3.05) is 20.3 Å². The molecule has 0 fully saturated rings. The Labute approximate surface area is 88.2 Å². The highest BCUT2D eigenvalue weighted by molar-refractivity contribution is 5.92. The predicted molar refractivity (Wildman–Crippen MR) is 54.9 cm³/mol. The molecule has 1 amide bonds. The summed E-state index contributed by atoms with van der Waals surface area (Å²) in [5.74, 6) is 0.0745. The number of amides is 1. The number of pyridine rings is 1. The first-order valence-electron chi connectivity index (χ1n) is 4.53. The molecule has 1 rings (SSSR count). The van der Waals surface area contributed by atoms with Gasteiger partial charge in [0.15, 0.2) is 0 Å². The third-order valence-corrected chi connectivity index (χ3v) is 1.84. The first kappa shape index (κ1) is 11.5. The summed E-state index contributed by atoms with van der Waals surface area (Å²) < 4.78 is 10.2. The lowest BCUT2D eigenvalue weighted by Crippen LogP contribution is -2.15. The number of methoxy groups -OCH3 is 1. The number of hydrogen-bond donors (Lipinski definition) is 1. The summed E-state index contributed by atoms with van der Waals surface area (Å²) in [6.45, 7) is 2.72. The monoisotopic (exact) mass is 210 g/mol. The zero-order valence-electron chi connectivity index (χ0n) is 8.82. The number of aromatic nitrogens is 1. The summed E-state index contributed by atoms with van der Waals surface area (Å²) in [6.07, 6.45) is 1.47. The van der Waals surface area contributed by atoms with Gasteiger partial charge < -0.3 is 15.2 Å². The summed E-state index contributed by atoms with van der Waals surface area (Å²) in [5.41, 5.74) is 6.10. The number of carbonyl (C=O) groups is 1. The van der Waals surface area contributed by atoms with Crippen LogP contribution in [0.3, 0.4) is 0 Å². The lowest BCUT2D eigenvalue weighted by Gasteiger charge is -2.07. The summed E-state index contributed by atoms with van der Waals surface area (Å²) in [5, 5.41) is 0. The number of ether oxygens (including phenoxy) is 2. The molecule has 0 unspecified atom stereocenters. The zero-order valence-corrected chi connectivity index (χ0v) is 8.82. The Morgan fingerprint density at radius 1 is 1.53 bits per heavy atom. The third-order valence-electron chi connectivity index (χ3n) is 1.84. The van der Waals surface area contributed by atoms with Crippen LogP contribution in [0.15, 0.2) is 12.3 Å². The minimum atomic E-state index is -0.532. The van der Waals surface area contributed by atoms with Crippen molar-refractivity contribution in [1.29, 1.82) is 0 Å². The molecule has 0 radical (unpaired) electrons. The zero-order chi connectivity index (χ0) is 11.3. The molecule has 0 aliphatic carbocycles. The van der Waals surface area contributed by atoms with E-state index in [1.54, 1.807) is 20.1 Å². The number of primary amides is 1.